The molecule has 4 nitrogen and oxygen atoms in total. The molecule has 0 aliphatic carbocycles. The van der Waals surface area contributed by atoms with Crippen molar-refractivity contribution in [1.29, 1.82) is 0 Å². The van der Waals surface area contributed by atoms with E-state index in [4.69, 9.17) is 4.74 Å². The second-order valence-corrected chi connectivity index (χ2v) is 8.87. The fraction of sp³-hybridized carbons (Fsp3) is 0.241. The summed E-state index contributed by atoms with van der Waals surface area (Å²) in [5, 5.41) is 0. The van der Waals surface area contributed by atoms with Gasteiger partial charge in [-0.05, 0) is 48.4 Å². The van der Waals surface area contributed by atoms with E-state index in [0.717, 1.165) is 72.7 Å². The van der Waals surface area contributed by atoms with Crippen LogP contribution in [0.5, 0.6) is 5.75 Å². The first-order valence-corrected chi connectivity index (χ1v) is 11.9. The van der Waals surface area contributed by atoms with E-state index in [2.05, 4.69) is 21.9 Å². The number of hydrogen-bond acceptors (Lipinski definition) is 3. The van der Waals surface area contributed by atoms with Crippen molar-refractivity contribution in [2.75, 3.05) is 38.2 Å². The maximum Gasteiger partial charge on any atom is 0.150 e. The van der Waals surface area contributed by atoms with E-state index < -0.39 is 11.6 Å². The van der Waals surface area contributed by atoms with E-state index in [1.807, 2.05) is 60.0 Å². The van der Waals surface area contributed by atoms with Gasteiger partial charge in [0.05, 0.1) is 24.2 Å². The first-order valence-electron chi connectivity index (χ1n) is 11.9. The van der Waals surface area contributed by atoms with Crippen LogP contribution in [0.1, 0.15) is 11.3 Å². The number of para-hydroxylation sites is 2. The molecule has 3 aromatic carbocycles. The molecule has 0 unspecified atom stereocenters. The van der Waals surface area contributed by atoms with Gasteiger partial charge in [0, 0.05) is 44.5 Å². The van der Waals surface area contributed by atoms with E-state index >= 15 is 0 Å². The highest BCUT2D eigenvalue weighted by Gasteiger charge is 2.23. The Morgan fingerprint density at radius 3 is 2.23 bits per heavy atom. The van der Waals surface area contributed by atoms with Crippen molar-refractivity contribution in [1.82, 2.24) is 9.47 Å². The summed E-state index contributed by atoms with van der Waals surface area (Å²) in [6, 6.07) is 24.0. The van der Waals surface area contributed by atoms with Gasteiger partial charge in [0.25, 0.3) is 0 Å². The molecule has 0 amide bonds. The topological polar surface area (TPSA) is 20.6 Å². The molecular formula is C29H29F2N3O. The number of benzene rings is 3. The lowest BCUT2D eigenvalue weighted by molar-refractivity contribution is 0.248. The van der Waals surface area contributed by atoms with E-state index in [1.54, 1.807) is 7.11 Å². The van der Waals surface area contributed by atoms with Gasteiger partial charge in [0.1, 0.15) is 17.4 Å². The summed E-state index contributed by atoms with van der Waals surface area (Å²) in [5.41, 5.74) is 5.47. The predicted octanol–water partition coefficient (Wildman–Crippen LogP) is 6.06. The average Bonchev–Trinajstić information content (AvgIpc) is 3.20. The highest BCUT2D eigenvalue weighted by Crippen LogP contribution is 2.32. The Labute approximate surface area is 205 Å². The molecule has 1 fully saturated rings. The van der Waals surface area contributed by atoms with Crippen molar-refractivity contribution in [3.05, 3.63) is 102 Å². The molecule has 1 saturated heterocycles. The Bertz CT molecular complexity index is 1310. The normalized spacial score (nSPS) is 14.3. The predicted molar refractivity (Wildman–Crippen MR) is 136 cm³/mol. The summed E-state index contributed by atoms with van der Waals surface area (Å²) >= 11 is 0. The number of anilines is 1. The van der Waals surface area contributed by atoms with Gasteiger partial charge in [-0.1, -0.05) is 42.5 Å². The van der Waals surface area contributed by atoms with Gasteiger partial charge in [0.2, 0.25) is 0 Å². The first-order chi connectivity index (χ1) is 17.0. The van der Waals surface area contributed by atoms with Crippen LogP contribution in [0.25, 0.3) is 16.9 Å². The highest BCUT2D eigenvalue weighted by molar-refractivity contribution is 5.66. The van der Waals surface area contributed by atoms with Crippen molar-refractivity contribution in [2.24, 2.45) is 0 Å². The van der Waals surface area contributed by atoms with Crippen LogP contribution in [-0.2, 0) is 6.54 Å². The summed E-state index contributed by atoms with van der Waals surface area (Å²) in [4.78, 5) is 4.78. The molecular weight excluding hydrogens is 444 g/mol. The second kappa shape index (κ2) is 9.92. The quantitative estimate of drug-likeness (QED) is 0.340. The summed E-state index contributed by atoms with van der Waals surface area (Å²) in [5.74, 6) is -0.258. The molecule has 6 heteroatoms. The van der Waals surface area contributed by atoms with E-state index in [1.165, 1.54) is 12.1 Å². The largest absolute Gasteiger partial charge is 0.495 e. The standard InChI is InChI=1S/C29H29F2N3O/c1-21-23(20-32-14-16-33(17-15-32)27-10-6-7-11-29(27)35-2)18-28(22-8-4-3-5-9-22)34(21)26-13-12-24(30)19-25(26)31/h3-13,18-19H,14-17,20H2,1-2H3. The van der Waals surface area contributed by atoms with Gasteiger partial charge >= 0.3 is 0 Å². The number of aromatic nitrogens is 1. The lowest BCUT2D eigenvalue weighted by atomic mass is 10.1. The zero-order valence-corrected chi connectivity index (χ0v) is 20.0. The van der Waals surface area contributed by atoms with Crippen LogP contribution < -0.4 is 9.64 Å². The van der Waals surface area contributed by atoms with E-state index in [9.17, 15) is 8.78 Å². The molecule has 1 aromatic heterocycles. The van der Waals surface area contributed by atoms with E-state index in [-0.39, 0.29) is 0 Å². The number of halogens is 2. The summed E-state index contributed by atoms with van der Waals surface area (Å²) < 4.78 is 35.9. The minimum absolute atomic E-state index is 0.356. The maximum atomic E-state index is 14.9. The molecule has 4 aromatic rings. The Hall–Kier alpha value is -3.64. The number of nitrogens with zero attached hydrogens (tertiary/aromatic N) is 3. The molecule has 0 radical (unpaired) electrons. The molecule has 0 bridgehead atoms. The van der Waals surface area contributed by atoms with Crippen LogP contribution in [0.15, 0.2) is 78.9 Å². The highest BCUT2D eigenvalue weighted by atomic mass is 19.1. The number of ether oxygens (including phenoxy) is 1. The molecule has 0 N–H and O–H groups in total. The smallest absolute Gasteiger partial charge is 0.150 e. The third-order valence-corrected chi connectivity index (χ3v) is 6.76. The van der Waals surface area contributed by atoms with Gasteiger partial charge in [-0.3, -0.25) is 4.90 Å². The van der Waals surface area contributed by atoms with Crippen LogP contribution in [0.4, 0.5) is 14.5 Å². The van der Waals surface area contributed by atoms with Crippen LogP contribution in [0, 0.1) is 18.6 Å². The zero-order valence-electron chi connectivity index (χ0n) is 20.0. The molecule has 1 aliphatic heterocycles. The summed E-state index contributed by atoms with van der Waals surface area (Å²) in [7, 11) is 1.71. The van der Waals surface area contributed by atoms with Gasteiger partial charge in [0.15, 0.2) is 0 Å². The van der Waals surface area contributed by atoms with Gasteiger partial charge in [-0.15, -0.1) is 0 Å². The van der Waals surface area contributed by atoms with Crippen LogP contribution in [0.2, 0.25) is 0 Å². The third kappa shape index (κ3) is 4.66. The van der Waals surface area contributed by atoms with Crippen LogP contribution >= 0.6 is 0 Å². The SMILES string of the molecule is COc1ccccc1N1CCN(Cc2cc(-c3ccccc3)n(-c3ccc(F)cc3F)c2C)CC1. The number of methoxy groups -OCH3 is 1. The monoisotopic (exact) mass is 473 g/mol. The minimum Gasteiger partial charge on any atom is -0.495 e. The number of hydrogen-bond donors (Lipinski definition) is 0. The maximum absolute atomic E-state index is 14.9. The molecule has 180 valence electrons. The fourth-order valence-electron chi connectivity index (χ4n) is 4.89. The molecule has 5 rings (SSSR count). The first kappa shape index (κ1) is 23.1. The van der Waals surface area contributed by atoms with Gasteiger partial charge in [-0.25, -0.2) is 8.78 Å². The lowest BCUT2D eigenvalue weighted by Crippen LogP contribution is -2.46. The Morgan fingerprint density at radius 1 is 0.800 bits per heavy atom. The van der Waals surface area contributed by atoms with Crippen molar-refractivity contribution in [3.63, 3.8) is 0 Å². The molecule has 35 heavy (non-hydrogen) atoms. The van der Waals surface area contributed by atoms with Crippen LogP contribution in [-0.4, -0.2) is 42.8 Å². The Morgan fingerprint density at radius 2 is 1.51 bits per heavy atom. The number of rotatable bonds is 6. The molecule has 0 atom stereocenters. The summed E-state index contributed by atoms with van der Waals surface area (Å²) in [6.07, 6.45) is 0. The Balaban J connectivity index is 1.42. The average molecular weight is 474 g/mol. The van der Waals surface area contributed by atoms with Crippen molar-refractivity contribution >= 4 is 5.69 Å². The third-order valence-electron chi connectivity index (χ3n) is 6.76. The molecule has 2 heterocycles. The summed E-state index contributed by atoms with van der Waals surface area (Å²) in [6.45, 7) is 6.40. The molecule has 0 spiro atoms. The van der Waals surface area contributed by atoms with E-state index in [0.29, 0.717) is 5.69 Å². The second-order valence-electron chi connectivity index (χ2n) is 8.87. The Kier molecular flexibility index (Phi) is 6.55. The van der Waals surface area contributed by atoms with Gasteiger partial charge in [-0.2, -0.15) is 0 Å². The van der Waals surface area contributed by atoms with Crippen molar-refractivity contribution in [3.8, 4) is 22.7 Å². The zero-order chi connectivity index (χ0) is 24.4. The lowest BCUT2D eigenvalue weighted by Gasteiger charge is -2.36. The molecule has 0 saturated carbocycles. The van der Waals surface area contributed by atoms with Gasteiger partial charge < -0.3 is 14.2 Å². The fourth-order valence-corrected chi connectivity index (χ4v) is 4.89. The van der Waals surface area contributed by atoms with Crippen molar-refractivity contribution in [2.45, 2.75) is 13.5 Å². The molecule has 1 aliphatic rings. The van der Waals surface area contributed by atoms with Crippen LogP contribution in [0.3, 0.4) is 0 Å². The minimum atomic E-state index is -0.578. The van der Waals surface area contributed by atoms with Crippen molar-refractivity contribution < 1.29 is 13.5 Å². The number of piperazine rings is 1.